The molecule has 1 saturated heterocycles. The van der Waals surface area contributed by atoms with Crippen LogP contribution in [0.5, 0.6) is 5.75 Å². The van der Waals surface area contributed by atoms with Crippen LogP contribution < -0.4 is 9.64 Å². The van der Waals surface area contributed by atoms with E-state index in [4.69, 9.17) is 4.74 Å². The van der Waals surface area contributed by atoms with Crippen LogP contribution in [-0.4, -0.2) is 5.91 Å². The molecular formula is C29H24BrNO2. The molecule has 1 unspecified atom stereocenters. The molecule has 1 atom stereocenters. The topological polar surface area (TPSA) is 29.5 Å². The Hall–Kier alpha value is -3.37. The van der Waals surface area contributed by atoms with Crippen LogP contribution in [0, 0.1) is 0 Å². The van der Waals surface area contributed by atoms with Crippen molar-refractivity contribution in [3.8, 4) is 16.9 Å². The van der Waals surface area contributed by atoms with Crippen LogP contribution in [0.25, 0.3) is 11.1 Å². The van der Waals surface area contributed by atoms with E-state index in [1.165, 1.54) is 0 Å². The monoisotopic (exact) mass is 497 g/mol. The SMILES string of the molecule is O=C1CCC(c2ccc(Br)cc2OCc2ccccc2)N1c1ccc(-c2ccccc2)cc1. The summed E-state index contributed by atoms with van der Waals surface area (Å²) < 4.78 is 7.20. The van der Waals surface area contributed by atoms with E-state index in [0.717, 1.165) is 44.6 Å². The highest BCUT2D eigenvalue weighted by molar-refractivity contribution is 9.10. The van der Waals surface area contributed by atoms with Gasteiger partial charge in [-0.05, 0) is 47.4 Å². The van der Waals surface area contributed by atoms with Crippen molar-refractivity contribution in [1.82, 2.24) is 0 Å². The lowest BCUT2D eigenvalue weighted by Crippen LogP contribution is -2.27. The van der Waals surface area contributed by atoms with Gasteiger partial charge in [0.05, 0.1) is 6.04 Å². The average Bonchev–Trinajstić information content (AvgIpc) is 3.25. The molecule has 3 nitrogen and oxygen atoms in total. The first kappa shape index (κ1) is 21.5. The lowest BCUT2D eigenvalue weighted by atomic mass is 10.0. The summed E-state index contributed by atoms with van der Waals surface area (Å²) in [6.45, 7) is 0.483. The zero-order valence-corrected chi connectivity index (χ0v) is 19.7. The molecule has 0 bridgehead atoms. The van der Waals surface area contributed by atoms with E-state index in [2.05, 4.69) is 58.4 Å². The van der Waals surface area contributed by atoms with Gasteiger partial charge in [-0.15, -0.1) is 0 Å². The van der Waals surface area contributed by atoms with Gasteiger partial charge in [-0.1, -0.05) is 94.8 Å². The number of nitrogens with zero attached hydrogens (tertiary/aromatic N) is 1. The summed E-state index contributed by atoms with van der Waals surface area (Å²) in [6.07, 6.45) is 1.29. The second-order valence-electron chi connectivity index (χ2n) is 8.19. The van der Waals surface area contributed by atoms with Gasteiger partial charge in [0, 0.05) is 22.1 Å². The molecule has 0 spiro atoms. The van der Waals surface area contributed by atoms with Crippen LogP contribution in [0.3, 0.4) is 0 Å². The zero-order chi connectivity index (χ0) is 22.6. The fourth-order valence-corrected chi connectivity index (χ4v) is 4.73. The van der Waals surface area contributed by atoms with Gasteiger partial charge in [0.1, 0.15) is 12.4 Å². The van der Waals surface area contributed by atoms with E-state index in [0.29, 0.717) is 13.0 Å². The van der Waals surface area contributed by atoms with Crippen molar-refractivity contribution in [1.29, 1.82) is 0 Å². The molecule has 5 rings (SSSR count). The molecular weight excluding hydrogens is 474 g/mol. The fraction of sp³-hybridized carbons (Fsp3) is 0.138. The number of ether oxygens (including phenoxy) is 1. The van der Waals surface area contributed by atoms with E-state index in [1.54, 1.807) is 0 Å². The van der Waals surface area contributed by atoms with Gasteiger partial charge in [0.2, 0.25) is 5.91 Å². The predicted octanol–water partition coefficient (Wildman–Crippen LogP) is 7.56. The summed E-state index contributed by atoms with van der Waals surface area (Å²) in [5.74, 6) is 0.947. The number of anilines is 1. The van der Waals surface area contributed by atoms with Crippen molar-refractivity contribution in [3.05, 3.63) is 119 Å². The van der Waals surface area contributed by atoms with Crippen molar-refractivity contribution in [2.45, 2.75) is 25.5 Å². The maximum Gasteiger partial charge on any atom is 0.227 e. The molecule has 164 valence electrons. The fourth-order valence-electron chi connectivity index (χ4n) is 4.39. The summed E-state index contributed by atoms with van der Waals surface area (Å²) in [5, 5.41) is 0. The average molecular weight is 498 g/mol. The van der Waals surface area contributed by atoms with Gasteiger partial charge < -0.3 is 9.64 Å². The van der Waals surface area contributed by atoms with Gasteiger partial charge >= 0.3 is 0 Å². The summed E-state index contributed by atoms with van der Waals surface area (Å²) in [4.78, 5) is 14.9. The van der Waals surface area contributed by atoms with Crippen molar-refractivity contribution in [2.75, 3.05) is 4.90 Å². The molecule has 0 aliphatic carbocycles. The number of hydrogen-bond acceptors (Lipinski definition) is 2. The summed E-state index contributed by atoms with van der Waals surface area (Å²) in [7, 11) is 0. The van der Waals surface area contributed by atoms with Crippen LogP contribution in [0.15, 0.2) is 108 Å². The zero-order valence-electron chi connectivity index (χ0n) is 18.2. The molecule has 1 heterocycles. The first-order chi connectivity index (χ1) is 16.2. The molecule has 4 heteroatoms. The Morgan fingerprint density at radius 2 is 1.48 bits per heavy atom. The molecule has 1 aliphatic rings. The normalized spacial score (nSPS) is 15.6. The molecule has 1 amide bonds. The van der Waals surface area contributed by atoms with E-state index < -0.39 is 0 Å². The second kappa shape index (κ2) is 9.63. The summed E-state index contributed by atoms with van der Waals surface area (Å²) in [6, 6.07) is 34.7. The number of carbonyl (C=O) groups excluding carboxylic acids is 1. The van der Waals surface area contributed by atoms with Crippen LogP contribution in [0.2, 0.25) is 0 Å². The van der Waals surface area contributed by atoms with Gasteiger partial charge in [0.15, 0.2) is 0 Å². The molecule has 33 heavy (non-hydrogen) atoms. The molecule has 0 saturated carbocycles. The predicted molar refractivity (Wildman–Crippen MR) is 136 cm³/mol. The molecule has 0 radical (unpaired) electrons. The summed E-state index contributed by atoms with van der Waals surface area (Å²) >= 11 is 3.57. The van der Waals surface area contributed by atoms with Crippen molar-refractivity contribution < 1.29 is 9.53 Å². The highest BCUT2D eigenvalue weighted by Gasteiger charge is 2.35. The summed E-state index contributed by atoms with van der Waals surface area (Å²) in [5.41, 5.74) is 5.36. The smallest absolute Gasteiger partial charge is 0.227 e. The molecule has 0 aromatic heterocycles. The third kappa shape index (κ3) is 4.71. The lowest BCUT2D eigenvalue weighted by Gasteiger charge is -2.27. The Labute approximate surface area is 202 Å². The van der Waals surface area contributed by atoms with Crippen LogP contribution in [0.1, 0.15) is 30.0 Å². The molecule has 1 aliphatic heterocycles. The van der Waals surface area contributed by atoms with Gasteiger partial charge in [-0.3, -0.25) is 4.79 Å². The molecule has 4 aromatic rings. The minimum atomic E-state index is -0.0565. The van der Waals surface area contributed by atoms with Crippen molar-refractivity contribution >= 4 is 27.5 Å². The van der Waals surface area contributed by atoms with Crippen molar-refractivity contribution in [3.63, 3.8) is 0 Å². The number of carbonyl (C=O) groups is 1. The maximum absolute atomic E-state index is 12.9. The Bertz CT molecular complexity index is 1240. The Morgan fingerprint density at radius 3 is 2.21 bits per heavy atom. The van der Waals surface area contributed by atoms with E-state index in [1.807, 2.05) is 65.6 Å². The van der Waals surface area contributed by atoms with Crippen molar-refractivity contribution in [2.24, 2.45) is 0 Å². The minimum absolute atomic E-state index is 0.0565. The third-order valence-electron chi connectivity index (χ3n) is 6.04. The minimum Gasteiger partial charge on any atom is -0.489 e. The standard InChI is InChI=1S/C29H24BrNO2/c30-24-13-16-26(28(19-24)33-20-21-7-3-1-4-8-21)27-17-18-29(32)31(27)25-14-11-23(12-15-25)22-9-5-2-6-10-22/h1-16,19,27H,17-18,20H2. The molecule has 0 N–H and O–H groups in total. The van der Waals surface area contributed by atoms with E-state index >= 15 is 0 Å². The lowest BCUT2D eigenvalue weighted by molar-refractivity contribution is -0.117. The number of benzene rings is 4. The second-order valence-corrected chi connectivity index (χ2v) is 9.10. The highest BCUT2D eigenvalue weighted by atomic mass is 79.9. The van der Waals surface area contributed by atoms with E-state index in [9.17, 15) is 4.79 Å². The number of amides is 1. The first-order valence-corrected chi connectivity index (χ1v) is 11.9. The Morgan fingerprint density at radius 1 is 0.818 bits per heavy atom. The molecule has 1 fully saturated rings. The Balaban J connectivity index is 1.43. The van der Waals surface area contributed by atoms with Gasteiger partial charge in [-0.25, -0.2) is 0 Å². The highest BCUT2D eigenvalue weighted by Crippen LogP contribution is 2.42. The van der Waals surface area contributed by atoms with Gasteiger partial charge in [0.25, 0.3) is 0 Å². The number of rotatable bonds is 6. The quantitative estimate of drug-likeness (QED) is 0.275. The number of halogens is 1. The van der Waals surface area contributed by atoms with E-state index in [-0.39, 0.29) is 11.9 Å². The van der Waals surface area contributed by atoms with Crippen LogP contribution in [-0.2, 0) is 11.4 Å². The maximum atomic E-state index is 12.9. The van der Waals surface area contributed by atoms with Crippen LogP contribution in [0.4, 0.5) is 5.69 Å². The van der Waals surface area contributed by atoms with Gasteiger partial charge in [-0.2, -0.15) is 0 Å². The largest absolute Gasteiger partial charge is 0.489 e. The van der Waals surface area contributed by atoms with Crippen LogP contribution >= 0.6 is 15.9 Å². The third-order valence-corrected chi connectivity index (χ3v) is 6.53. The molecule has 4 aromatic carbocycles. The first-order valence-electron chi connectivity index (χ1n) is 11.1. The number of hydrogen-bond donors (Lipinski definition) is 0. The Kier molecular flexibility index (Phi) is 6.27.